The zero-order chi connectivity index (χ0) is 14.8. The largest absolute Gasteiger partial charge is 0.426 e. The predicted octanol–water partition coefficient (Wildman–Crippen LogP) is 5.04. The Kier molecular flexibility index (Phi) is 7.64. The van der Waals surface area contributed by atoms with Crippen LogP contribution in [0.5, 0.6) is 0 Å². The lowest BCUT2D eigenvalue weighted by Crippen LogP contribution is -2.10. The maximum absolute atomic E-state index is 12.8. The Hall–Kier alpha value is -1.05. The highest BCUT2D eigenvalue weighted by atomic mass is 31.2. The third-order valence-electron chi connectivity index (χ3n) is 2.93. The average Bonchev–Trinajstić information content (AvgIpc) is 2.45. The van der Waals surface area contributed by atoms with E-state index in [-0.39, 0.29) is 0 Å². The van der Waals surface area contributed by atoms with Gasteiger partial charge >= 0.3 is 7.60 Å². The first-order valence-corrected chi connectivity index (χ1v) is 8.84. The van der Waals surface area contributed by atoms with Crippen LogP contribution in [0.3, 0.4) is 0 Å². The van der Waals surface area contributed by atoms with Gasteiger partial charge < -0.3 is 4.52 Å². The van der Waals surface area contributed by atoms with Gasteiger partial charge in [0, 0.05) is 6.42 Å². The van der Waals surface area contributed by atoms with Crippen LogP contribution in [-0.4, -0.2) is 6.61 Å². The second-order valence-electron chi connectivity index (χ2n) is 4.69. The summed E-state index contributed by atoms with van der Waals surface area (Å²) in [6.07, 6.45) is 5.27. The molecule has 0 radical (unpaired) electrons. The zero-order valence-corrected chi connectivity index (χ0v) is 13.4. The van der Waals surface area contributed by atoms with Crippen LogP contribution in [0.4, 0.5) is 0 Å². The van der Waals surface area contributed by atoms with Gasteiger partial charge in [0.1, 0.15) is 0 Å². The van der Waals surface area contributed by atoms with Crippen LogP contribution < -0.4 is 5.30 Å². The first-order valence-electron chi connectivity index (χ1n) is 7.30. The van der Waals surface area contributed by atoms with Crippen molar-refractivity contribution in [2.45, 2.75) is 46.0 Å². The fourth-order valence-corrected chi connectivity index (χ4v) is 3.51. The van der Waals surface area contributed by atoms with Crippen LogP contribution in [0.1, 0.15) is 46.0 Å². The fraction of sp³-hybridized carbons (Fsp3) is 0.500. The Morgan fingerprint density at radius 2 is 1.85 bits per heavy atom. The molecule has 0 N–H and O–H groups in total. The minimum absolute atomic E-state index is 0.343. The van der Waals surface area contributed by atoms with E-state index >= 15 is 0 Å². The summed E-state index contributed by atoms with van der Waals surface area (Å²) in [7, 11) is -3.28. The van der Waals surface area contributed by atoms with Crippen molar-refractivity contribution in [2.75, 3.05) is 6.61 Å². The van der Waals surface area contributed by atoms with E-state index in [1.165, 1.54) is 12.8 Å². The predicted molar refractivity (Wildman–Crippen MR) is 84.3 cm³/mol. The van der Waals surface area contributed by atoms with Crippen LogP contribution >= 0.6 is 7.60 Å². The van der Waals surface area contributed by atoms with E-state index in [1.54, 1.807) is 12.1 Å². The molecule has 20 heavy (non-hydrogen) atoms. The molecule has 4 heteroatoms. The van der Waals surface area contributed by atoms with Crippen LogP contribution in [0.2, 0.25) is 0 Å². The van der Waals surface area contributed by atoms with Gasteiger partial charge in [-0.3, -0.25) is 4.52 Å². The molecule has 1 unspecified atom stereocenters. The van der Waals surface area contributed by atoms with Crippen molar-refractivity contribution in [2.24, 2.45) is 0 Å². The number of rotatable bonds is 10. The quantitative estimate of drug-likeness (QED) is 0.344. The summed E-state index contributed by atoms with van der Waals surface area (Å²) in [5.74, 6) is 0.543. The molecule has 1 rings (SSSR count). The topological polar surface area (TPSA) is 35.5 Å². The molecule has 0 aliphatic heterocycles. The number of hydrogen-bond donors (Lipinski definition) is 0. The Morgan fingerprint density at radius 1 is 1.15 bits per heavy atom. The summed E-state index contributed by atoms with van der Waals surface area (Å²) in [6, 6.07) is 9.06. The number of unbranched alkanes of at least 4 members (excludes halogenated alkanes) is 3. The maximum Gasteiger partial charge on any atom is 0.410 e. The van der Waals surface area contributed by atoms with E-state index in [0.29, 0.717) is 17.7 Å². The minimum Gasteiger partial charge on any atom is -0.426 e. The van der Waals surface area contributed by atoms with E-state index in [2.05, 4.69) is 13.5 Å². The lowest BCUT2D eigenvalue weighted by molar-refractivity contribution is 0.255. The van der Waals surface area contributed by atoms with Crippen molar-refractivity contribution in [3.05, 3.63) is 42.7 Å². The Bertz CT molecular complexity index is 442. The summed E-state index contributed by atoms with van der Waals surface area (Å²) in [5.41, 5.74) is 0. The minimum atomic E-state index is -3.28. The molecule has 1 atom stereocenters. The standard InChI is InChI=1S/C16H25O3P/c1-4-6-7-9-12-15(3)19-20(17,18-5-2)16-13-10-8-11-14-16/h8,10-11,13-14H,3-7,9,12H2,1-2H3. The first-order chi connectivity index (χ1) is 9.62. The molecule has 1 aromatic carbocycles. The molecule has 0 amide bonds. The van der Waals surface area contributed by atoms with Gasteiger partial charge in [-0.15, -0.1) is 0 Å². The second kappa shape index (κ2) is 8.99. The van der Waals surface area contributed by atoms with Crippen molar-refractivity contribution in [1.29, 1.82) is 0 Å². The molecular formula is C16H25O3P. The summed E-state index contributed by atoms with van der Waals surface area (Å²) < 4.78 is 23.8. The monoisotopic (exact) mass is 296 g/mol. The molecule has 0 aliphatic rings. The maximum atomic E-state index is 12.8. The van der Waals surface area contributed by atoms with Crippen LogP contribution in [0, 0.1) is 0 Å². The number of benzene rings is 1. The third-order valence-corrected chi connectivity index (χ3v) is 4.96. The van der Waals surface area contributed by atoms with Gasteiger partial charge in [-0.25, -0.2) is 4.57 Å². The molecule has 0 bridgehead atoms. The Morgan fingerprint density at radius 3 is 2.45 bits per heavy atom. The second-order valence-corrected chi connectivity index (χ2v) is 6.64. The lowest BCUT2D eigenvalue weighted by atomic mass is 10.1. The first kappa shape index (κ1) is 17.0. The van der Waals surface area contributed by atoms with Gasteiger partial charge in [0.2, 0.25) is 0 Å². The molecule has 0 aliphatic carbocycles. The Labute approximate surface area is 122 Å². The molecular weight excluding hydrogens is 271 g/mol. The van der Waals surface area contributed by atoms with E-state index in [9.17, 15) is 4.57 Å². The van der Waals surface area contributed by atoms with Gasteiger partial charge in [0.25, 0.3) is 0 Å². The van der Waals surface area contributed by atoms with Gasteiger partial charge in [0.15, 0.2) is 0 Å². The van der Waals surface area contributed by atoms with E-state index in [0.717, 1.165) is 19.3 Å². The van der Waals surface area contributed by atoms with Crippen molar-refractivity contribution < 1.29 is 13.6 Å². The molecule has 3 nitrogen and oxygen atoms in total. The highest BCUT2D eigenvalue weighted by molar-refractivity contribution is 7.62. The smallest absolute Gasteiger partial charge is 0.410 e. The van der Waals surface area contributed by atoms with Gasteiger partial charge in [-0.05, 0) is 25.5 Å². The van der Waals surface area contributed by atoms with Gasteiger partial charge in [-0.1, -0.05) is 51.0 Å². The van der Waals surface area contributed by atoms with Crippen molar-refractivity contribution in [3.63, 3.8) is 0 Å². The van der Waals surface area contributed by atoms with Crippen molar-refractivity contribution in [1.82, 2.24) is 0 Å². The van der Waals surface area contributed by atoms with Crippen LogP contribution in [0.15, 0.2) is 42.7 Å². The molecule has 112 valence electrons. The molecule has 0 fully saturated rings. The van der Waals surface area contributed by atoms with Crippen molar-refractivity contribution >= 4 is 12.9 Å². The molecule has 0 saturated carbocycles. The summed E-state index contributed by atoms with van der Waals surface area (Å²) >= 11 is 0. The summed E-state index contributed by atoms with van der Waals surface area (Å²) in [5, 5.41) is 0.580. The summed E-state index contributed by atoms with van der Waals surface area (Å²) in [4.78, 5) is 0. The average molecular weight is 296 g/mol. The van der Waals surface area contributed by atoms with Crippen LogP contribution in [0.25, 0.3) is 0 Å². The van der Waals surface area contributed by atoms with Crippen molar-refractivity contribution in [3.8, 4) is 0 Å². The molecule has 0 aromatic heterocycles. The van der Waals surface area contributed by atoms with Gasteiger partial charge in [-0.2, -0.15) is 0 Å². The highest BCUT2D eigenvalue weighted by Gasteiger charge is 2.28. The van der Waals surface area contributed by atoms with E-state index < -0.39 is 7.60 Å². The third kappa shape index (κ3) is 5.52. The number of allylic oxidation sites excluding steroid dienone is 1. The highest BCUT2D eigenvalue weighted by Crippen LogP contribution is 2.49. The molecule has 1 aromatic rings. The lowest BCUT2D eigenvalue weighted by Gasteiger charge is -2.20. The van der Waals surface area contributed by atoms with Gasteiger partial charge in [0.05, 0.1) is 17.7 Å². The zero-order valence-electron chi connectivity index (χ0n) is 12.5. The normalized spacial score (nSPS) is 13.7. The molecule has 0 spiro atoms. The van der Waals surface area contributed by atoms with E-state index in [4.69, 9.17) is 9.05 Å². The Balaban J connectivity index is 2.63. The molecule has 0 heterocycles. The SMILES string of the molecule is C=C(CCCCCC)OP(=O)(OCC)c1ccccc1. The summed E-state index contributed by atoms with van der Waals surface area (Å²) in [6.45, 7) is 8.19. The molecule has 0 saturated heterocycles. The number of hydrogen-bond acceptors (Lipinski definition) is 3. The van der Waals surface area contributed by atoms with Crippen LogP contribution in [-0.2, 0) is 13.6 Å². The van der Waals surface area contributed by atoms with E-state index in [1.807, 2.05) is 25.1 Å². The fourth-order valence-electron chi connectivity index (χ4n) is 1.90.